The number of aliphatic hydroxyl groups excluding tert-OH is 1. The minimum absolute atomic E-state index is 0.195. The lowest BCUT2D eigenvalue weighted by atomic mass is 9.92. The molecule has 1 N–H and O–H groups in total. The van der Waals surface area contributed by atoms with Crippen molar-refractivity contribution in [3.8, 4) is 0 Å². The molecule has 0 radical (unpaired) electrons. The predicted octanol–water partition coefficient (Wildman–Crippen LogP) is 1.23. The number of aliphatic hydroxyl groups is 1. The largest absolute Gasteiger partial charge is 0.498 e. The molecule has 1 saturated heterocycles. The van der Waals surface area contributed by atoms with Crippen LogP contribution in [0.25, 0.3) is 0 Å². The molecule has 0 bridgehead atoms. The highest BCUT2D eigenvalue weighted by Crippen LogP contribution is 2.33. The van der Waals surface area contributed by atoms with E-state index in [4.69, 9.17) is 9.84 Å². The average Bonchev–Trinajstić information content (AvgIpc) is 2.50. The first-order valence-electron chi connectivity index (χ1n) is 4.03. The van der Waals surface area contributed by atoms with Gasteiger partial charge in [0, 0.05) is 5.92 Å². The van der Waals surface area contributed by atoms with E-state index in [0.29, 0.717) is 5.92 Å². The summed E-state index contributed by atoms with van der Waals surface area (Å²) >= 11 is 0. The van der Waals surface area contributed by atoms with E-state index < -0.39 is 0 Å². The molecule has 2 aliphatic rings. The summed E-state index contributed by atoms with van der Waals surface area (Å²) in [5.41, 5.74) is 1.13. The predicted molar refractivity (Wildman–Crippen MR) is 41.9 cm³/mol. The number of allylic oxidation sites excluding steroid dienone is 3. The minimum Gasteiger partial charge on any atom is -0.498 e. The highest BCUT2D eigenvalue weighted by atomic mass is 16.5. The SMILES string of the molecule is OCC1=CC=C2OCCC2C1. The van der Waals surface area contributed by atoms with Crippen LogP contribution in [0.5, 0.6) is 0 Å². The van der Waals surface area contributed by atoms with Crippen molar-refractivity contribution in [3.63, 3.8) is 0 Å². The first-order valence-corrected chi connectivity index (χ1v) is 4.03. The monoisotopic (exact) mass is 152 g/mol. The van der Waals surface area contributed by atoms with Crippen molar-refractivity contribution < 1.29 is 9.84 Å². The summed E-state index contributed by atoms with van der Waals surface area (Å²) in [7, 11) is 0. The fraction of sp³-hybridized carbons (Fsp3) is 0.556. The Morgan fingerprint density at radius 2 is 2.45 bits per heavy atom. The van der Waals surface area contributed by atoms with Gasteiger partial charge in [0.25, 0.3) is 0 Å². The van der Waals surface area contributed by atoms with Crippen LogP contribution in [0.1, 0.15) is 12.8 Å². The van der Waals surface area contributed by atoms with Crippen molar-refractivity contribution in [1.82, 2.24) is 0 Å². The van der Waals surface area contributed by atoms with Gasteiger partial charge in [-0.05, 0) is 24.5 Å². The lowest BCUT2D eigenvalue weighted by Crippen LogP contribution is -2.05. The fourth-order valence-corrected chi connectivity index (χ4v) is 1.67. The summed E-state index contributed by atoms with van der Waals surface area (Å²) in [6.45, 7) is 1.04. The quantitative estimate of drug-likeness (QED) is 0.612. The minimum atomic E-state index is 0.195. The average molecular weight is 152 g/mol. The zero-order valence-electron chi connectivity index (χ0n) is 6.42. The van der Waals surface area contributed by atoms with Crippen LogP contribution in [-0.2, 0) is 4.74 Å². The standard InChI is InChI=1S/C9H12O2/c10-6-7-1-2-9-8(5-7)3-4-11-9/h1-2,8,10H,3-6H2. The molecule has 0 aromatic carbocycles. The Morgan fingerprint density at radius 3 is 3.27 bits per heavy atom. The van der Waals surface area contributed by atoms with Crippen LogP contribution < -0.4 is 0 Å². The number of hydrogen-bond donors (Lipinski definition) is 1. The van der Waals surface area contributed by atoms with Crippen molar-refractivity contribution in [2.45, 2.75) is 12.8 Å². The second-order valence-electron chi connectivity index (χ2n) is 3.09. The Labute approximate surface area is 66.2 Å². The number of ether oxygens (including phenoxy) is 1. The van der Waals surface area contributed by atoms with Gasteiger partial charge in [0.1, 0.15) is 0 Å². The van der Waals surface area contributed by atoms with Gasteiger partial charge in [0.2, 0.25) is 0 Å². The molecular formula is C9H12O2. The molecular weight excluding hydrogens is 140 g/mol. The lowest BCUT2D eigenvalue weighted by Gasteiger charge is -2.15. The Hall–Kier alpha value is -0.760. The van der Waals surface area contributed by atoms with Gasteiger partial charge >= 0.3 is 0 Å². The van der Waals surface area contributed by atoms with Crippen LogP contribution in [0.3, 0.4) is 0 Å². The topological polar surface area (TPSA) is 29.5 Å². The third-order valence-corrected chi connectivity index (χ3v) is 2.33. The first kappa shape index (κ1) is 6.92. The second kappa shape index (κ2) is 2.70. The van der Waals surface area contributed by atoms with Gasteiger partial charge in [-0.3, -0.25) is 0 Å². The summed E-state index contributed by atoms with van der Waals surface area (Å²) in [4.78, 5) is 0. The zero-order valence-corrected chi connectivity index (χ0v) is 6.42. The van der Waals surface area contributed by atoms with Crippen LogP contribution in [0.15, 0.2) is 23.5 Å². The van der Waals surface area contributed by atoms with Crippen LogP contribution in [0, 0.1) is 5.92 Å². The van der Waals surface area contributed by atoms with E-state index in [0.717, 1.165) is 30.8 Å². The summed E-state index contributed by atoms with van der Waals surface area (Å²) in [5.74, 6) is 1.67. The van der Waals surface area contributed by atoms with Crippen molar-refractivity contribution in [3.05, 3.63) is 23.5 Å². The van der Waals surface area contributed by atoms with E-state index in [9.17, 15) is 0 Å². The molecule has 0 aromatic heterocycles. The number of fused-ring (bicyclic) bond motifs is 1. The molecule has 0 aromatic rings. The van der Waals surface area contributed by atoms with Crippen LogP contribution in [-0.4, -0.2) is 18.3 Å². The molecule has 1 aliphatic carbocycles. The van der Waals surface area contributed by atoms with Gasteiger partial charge < -0.3 is 9.84 Å². The van der Waals surface area contributed by atoms with E-state index in [1.807, 2.05) is 12.2 Å². The highest BCUT2D eigenvalue weighted by molar-refractivity contribution is 5.24. The molecule has 1 fully saturated rings. The molecule has 2 rings (SSSR count). The Balaban J connectivity index is 2.15. The van der Waals surface area contributed by atoms with Crippen LogP contribution in [0.2, 0.25) is 0 Å². The molecule has 0 amide bonds. The maximum Gasteiger partial charge on any atom is 0.0995 e. The molecule has 2 nitrogen and oxygen atoms in total. The summed E-state index contributed by atoms with van der Waals surface area (Å²) in [6, 6.07) is 0. The van der Waals surface area contributed by atoms with Crippen LogP contribution in [0.4, 0.5) is 0 Å². The third-order valence-electron chi connectivity index (χ3n) is 2.33. The second-order valence-corrected chi connectivity index (χ2v) is 3.09. The summed E-state index contributed by atoms with van der Waals surface area (Å²) in [5, 5.41) is 8.87. The van der Waals surface area contributed by atoms with Crippen molar-refractivity contribution in [2.75, 3.05) is 13.2 Å². The van der Waals surface area contributed by atoms with Gasteiger partial charge in [-0.1, -0.05) is 6.08 Å². The Kier molecular flexibility index (Phi) is 1.70. The molecule has 0 saturated carbocycles. The number of rotatable bonds is 1. The number of hydrogen-bond acceptors (Lipinski definition) is 2. The maximum absolute atomic E-state index is 8.87. The van der Waals surface area contributed by atoms with Gasteiger partial charge in [-0.15, -0.1) is 0 Å². The maximum atomic E-state index is 8.87. The third kappa shape index (κ3) is 1.18. The van der Waals surface area contributed by atoms with Crippen molar-refractivity contribution >= 4 is 0 Å². The van der Waals surface area contributed by atoms with E-state index in [-0.39, 0.29) is 6.61 Å². The normalized spacial score (nSPS) is 28.6. The molecule has 0 spiro atoms. The fourth-order valence-electron chi connectivity index (χ4n) is 1.67. The molecule has 1 aliphatic heterocycles. The molecule has 1 atom stereocenters. The van der Waals surface area contributed by atoms with E-state index >= 15 is 0 Å². The van der Waals surface area contributed by atoms with E-state index in [1.165, 1.54) is 0 Å². The smallest absolute Gasteiger partial charge is 0.0995 e. The Bertz CT molecular complexity index is 216. The molecule has 60 valence electrons. The van der Waals surface area contributed by atoms with Crippen molar-refractivity contribution in [1.29, 1.82) is 0 Å². The van der Waals surface area contributed by atoms with Gasteiger partial charge in [0.15, 0.2) is 0 Å². The lowest BCUT2D eigenvalue weighted by molar-refractivity contribution is 0.256. The first-order chi connectivity index (χ1) is 5.40. The zero-order chi connectivity index (χ0) is 7.68. The van der Waals surface area contributed by atoms with Crippen LogP contribution >= 0.6 is 0 Å². The van der Waals surface area contributed by atoms with E-state index in [1.54, 1.807) is 0 Å². The van der Waals surface area contributed by atoms with Gasteiger partial charge in [-0.2, -0.15) is 0 Å². The van der Waals surface area contributed by atoms with Gasteiger partial charge in [0.05, 0.1) is 19.0 Å². The molecule has 11 heavy (non-hydrogen) atoms. The highest BCUT2D eigenvalue weighted by Gasteiger charge is 2.25. The van der Waals surface area contributed by atoms with Crippen molar-refractivity contribution in [2.24, 2.45) is 5.92 Å². The Morgan fingerprint density at radius 1 is 1.55 bits per heavy atom. The molecule has 1 unspecified atom stereocenters. The van der Waals surface area contributed by atoms with Gasteiger partial charge in [-0.25, -0.2) is 0 Å². The summed E-state index contributed by atoms with van der Waals surface area (Å²) < 4.78 is 5.38. The molecule has 2 heteroatoms. The summed E-state index contributed by atoms with van der Waals surface area (Å²) in [6.07, 6.45) is 6.06. The van der Waals surface area contributed by atoms with E-state index in [2.05, 4.69) is 0 Å². The molecule has 1 heterocycles.